The summed E-state index contributed by atoms with van der Waals surface area (Å²) < 4.78 is 37.9. The fourth-order valence-corrected chi connectivity index (χ4v) is 2.80. The van der Waals surface area contributed by atoms with Crippen molar-refractivity contribution in [3.63, 3.8) is 0 Å². The Kier molecular flexibility index (Phi) is 6.25. The smallest absolute Gasteiger partial charge is 0.355 e. The molecule has 144 valence electrons. The third-order valence-corrected chi connectivity index (χ3v) is 4.30. The highest BCUT2D eigenvalue weighted by atomic mass is 19.4. The Balaban J connectivity index is 2.10. The maximum atomic E-state index is 12.6. The molecular weight excluding hydrogens is 357 g/mol. The van der Waals surface area contributed by atoms with Crippen LogP contribution >= 0.6 is 0 Å². The molecule has 0 radical (unpaired) electrons. The highest BCUT2D eigenvalue weighted by Crippen LogP contribution is 2.31. The van der Waals surface area contributed by atoms with Crippen LogP contribution in [0.15, 0.2) is 42.5 Å². The summed E-state index contributed by atoms with van der Waals surface area (Å²) in [6.45, 7) is 3.53. The van der Waals surface area contributed by atoms with Crippen molar-refractivity contribution in [2.24, 2.45) is 0 Å². The second-order valence-corrected chi connectivity index (χ2v) is 6.35. The van der Waals surface area contributed by atoms with Crippen LogP contribution in [0.4, 0.5) is 18.9 Å². The number of benzene rings is 2. The first-order valence-electron chi connectivity index (χ1n) is 8.42. The van der Waals surface area contributed by atoms with E-state index >= 15 is 0 Å². The van der Waals surface area contributed by atoms with E-state index in [1.54, 1.807) is 32.0 Å². The van der Waals surface area contributed by atoms with E-state index in [-0.39, 0.29) is 24.2 Å². The first-order chi connectivity index (χ1) is 12.6. The minimum Gasteiger partial charge on any atom is -0.355 e. The molecule has 2 aromatic carbocycles. The van der Waals surface area contributed by atoms with Gasteiger partial charge in [-0.15, -0.1) is 0 Å². The fraction of sp³-hybridized carbons (Fsp3) is 0.300. The van der Waals surface area contributed by atoms with Gasteiger partial charge in [-0.3, -0.25) is 9.59 Å². The molecule has 2 aromatic rings. The quantitative estimate of drug-likeness (QED) is 0.805. The van der Waals surface area contributed by atoms with Crippen molar-refractivity contribution in [3.05, 3.63) is 64.7 Å². The van der Waals surface area contributed by atoms with Crippen molar-refractivity contribution in [2.75, 3.05) is 12.4 Å². The molecule has 0 aliphatic heterocycles. The molecule has 7 heteroatoms. The summed E-state index contributed by atoms with van der Waals surface area (Å²) in [4.78, 5) is 24.4. The summed E-state index contributed by atoms with van der Waals surface area (Å²) in [6.07, 6.45) is -4.31. The minimum atomic E-state index is -4.39. The van der Waals surface area contributed by atoms with Crippen molar-refractivity contribution in [1.82, 2.24) is 5.32 Å². The zero-order valence-electron chi connectivity index (χ0n) is 15.3. The van der Waals surface area contributed by atoms with E-state index in [4.69, 9.17) is 0 Å². The van der Waals surface area contributed by atoms with E-state index in [0.717, 1.165) is 17.7 Å². The van der Waals surface area contributed by atoms with Crippen molar-refractivity contribution in [3.8, 4) is 0 Å². The molecule has 27 heavy (non-hydrogen) atoms. The highest BCUT2D eigenvalue weighted by molar-refractivity contribution is 6.04. The number of alkyl halides is 3. The molecule has 0 heterocycles. The number of hydrogen-bond donors (Lipinski definition) is 2. The molecule has 0 aromatic heterocycles. The lowest BCUT2D eigenvalue weighted by Gasteiger charge is -2.16. The number of halogens is 3. The Hall–Kier alpha value is -2.83. The molecule has 4 nitrogen and oxygen atoms in total. The Morgan fingerprint density at radius 3 is 2.26 bits per heavy atom. The van der Waals surface area contributed by atoms with Crippen LogP contribution < -0.4 is 10.6 Å². The molecular formula is C20H21F3N2O2. The fourth-order valence-electron chi connectivity index (χ4n) is 2.80. The molecule has 0 aliphatic carbocycles. The van der Waals surface area contributed by atoms with Crippen molar-refractivity contribution in [1.29, 1.82) is 0 Å². The second kappa shape index (κ2) is 8.24. The topological polar surface area (TPSA) is 58.2 Å². The van der Waals surface area contributed by atoms with Crippen LogP contribution in [0.3, 0.4) is 0 Å². The molecule has 0 fully saturated rings. The molecule has 2 rings (SSSR count). The number of amides is 2. The molecule has 0 aliphatic rings. The summed E-state index contributed by atoms with van der Waals surface area (Å²) in [7, 11) is 1.51. The Morgan fingerprint density at radius 2 is 1.70 bits per heavy atom. The normalized spacial score (nSPS) is 12.4. The monoisotopic (exact) mass is 378 g/mol. The van der Waals surface area contributed by atoms with Crippen LogP contribution in [-0.2, 0) is 11.0 Å². The van der Waals surface area contributed by atoms with Crippen LogP contribution in [0.25, 0.3) is 0 Å². The zero-order chi connectivity index (χ0) is 20.2. The van der Waals surface area contributed by atoms with Crippen molar-refractivity contribution in [2.45, 2.75) is 32.4 Å². The number of carbonyl (C=O) groups excluding carboxylic acids is 2. The molecule has 2 amide bonds. The molecule has 1 unspecified atom stereocenters. The molecule has 2 N–H and O–H groups in total. The van der Waals surface area contributed by atoms with Gasteiger partial charge in [-0.1, -0.05) is 31.2 Å². The average Bonchev–Trinajstić information content (AvgIpc) is 2.60. The van der Waals surface area contributed by atoms with Gasteiger partial charge >= 0.3 is 6.18 Å². The van der Waals surface area contributed by atoms with E-state index in [1.165, 1.54) is 19.2 Å². The first kappa shape index (κ1) is 20.5. The number of carbonyl (C=O) groups is 2. The lowest BCUT2D eigenvalue weighted by atomic mass is 9.96. The lowest BCUT2D eigenvalue weighted by Crippen LogP contribution is -2.23. The van der Waals surface area contributed by atoms with Gasteiger partial charge in [0.2, 0.25) is 5.91 Å². The number of anilines is 1. The standard InChI is InChI=1S/C20H21F3N2O2/c1-12-5-4-6-16(18(12)19(27)24-3)25-17(26)11-13(2)14-7-9-15(10-8-14)20(21,22)23/h4-10,13H,11H2,1-3H3,(H,24,27)(H,25,26). The zero-order valence-corrected chi connectivity index (χ0v) is 15.3. The summed E-state index contributed by atoms with van der Waals surface area (Å²) >= 11 is 0. The number of aryl methyl sites for hydroxylation is 1. The van der Waals surface area contributed by atoms with Crippen molar-refractivity contribution < 1.29 is 22.8 Å². The van der Waals surface area contributed by atoms with Crippen LogP contribution in [0.5, 0.6) is 0 Å². The summed E-state index contributed by atoms with van der Waals surface area (Å²) in [5.74, 6) is -0.905. The predicted octanol–water partition coefficient (Wildman–Crippen LogP) is 4.51. The SMILES string of the molecule is CNC(=O)c1c(C)cccc1NC(=O)CC(C)c1ccc(C(F)(F)F)cc1. The minimum absolute atomic E-state index is 0.0759. The molecule has 0 saturated heterocycles. The van der Waals surface area contributed by atoms with Crippen molar-refractivity contribution >= 4 is 17.5 Å². The number of hydrogen-bond acceptors (Lipinski definition) is 2. The summed E-state index contributed by atoms with van der Waals surface area (Å²) in [5, 5.41) is 5.26. The van der Waals surface area contributed by atoms with E-state index in [9.17, 15) is 22.8 Å². The molecule has 1 atom stereocenters. The van der Waals surface area contributed by atoms with Crippen LogP contribution in [0.1, 0.15) is 46.3 Å². The largest absolute Gasteiger partial charge is 0.416 e. The van der Waals surface area contributed by atoms with Gasteiger partial charge in [0.25, 0.3) is 5.91 Å². The van der Waals surface area contributed by atoms with Gasteiger partial charge in [0.05, 0.1) is 16.8 Å². The Bertz CT molecular complexity index is 830. The Morgan fingerprint density at radius 1 is 1.07 bits per heavy atom. The van der Waals surface area contributed by atoms with Crippen LogP contribution in [0.2, 0.25) is 0 Å². The number of nitrogens with one attached hydrogen (secondary N) is 2. The average molecular weight is 378 g/mol. The maximum Gasteiger partial charge on any atom is 0.416 e. The van der Waals surface area contributed by atoms with Gasteiger partial charge < -0.3 is 10.6 Å². The van der Waals surface area contributed by atoms with E-state index in [2.05, 4.69) is 10.6 Å². The molecule has 0 spiro atoms. The summed E-state index contributed by atoms with van der Waals surface area (Å²) in [6, 6.07) is 9.91. The van der Waals surface area contributed by atoms with E-state index in [0.29, 0.717) is 16.8 Å². The second-order valence-electron chi connectivity index (χ2n) is 6.35. The van der Waals surface area contributed by atoms with E-state index < -0.39 is 11.7 Å². The van der Waals surface area contributed by atoms with Gasteiger partial charge in [-0.25, -0.2) is 0 Å². The van der Waals surface area contributed by atoms with Gasteiger partial charge in [0.15, 0.2) is 0 Å². The Labute approximate surface area is 155 Å². The lowest BCUT2D eigenvalue weighted by molar-refractivity contribution is -0.137. The predicted molar refractivity (Wildman–Crippen MR) is 97.7 cm³/mol. The van der Waals surface area contributed by atoms with Crippen LogP contribution in [0, 0.1) is 6.92 Å². The van der Waals surface area contributed by atoms with Gasteiger partial charge in [0.1, 0.15) is 0 Å². The molecule has 0 saturated carbocycles. The molecule has 0 bridgehead atoms. The van der Waals surface area contributed by atoms with Crippen LogP contribution in [-0.4, -0.2) is 18.9 Å². The van der Waals surface area contributed by atoms with E-state index in [1.807, 2.05) is 0 Å². The highest BCUT2D eigenvalue weighted by Gasteiger charge is 2.30. The van der Waals surface area contributed by atoms with Gasteiger partial charge in [0, 0.05) is 13.5 Å². The third kappa shape index (κ3) is 5.09. The van der Waals surface area contributed by atoms with Gasteiger partial charge in [-0.2, -0.15) is 13.2 Å². The third-order valence-electron chi connectivity index (χ3n) is 4.30. The van der Waals surface area contributed by atoms with Gasteiger partial charge in [-0.05, 0) is 42.2 Å². The number of rotatable bonds is 5. The first-order valence-corrected chi connectivity index (χ1v) is 8.42. The summed E-state index contributed by atoms with van der Waals surface area (Å²) in [5.41, 5.74) is 1.42. The maximum absolute atomic E-state index is 12.6.